The summed E-state index contributed by atoms with van der Waals surface area (Å²) >= 11 is 0. The summed E-state index contributed by atoms with van der Waals surface area (Å²) in [6.45, 7) is 4.47. The topological polar surface area (TPSA) is 33.1 Å². The molecular weight excluding hydrogens is 224 g/mol. The molecular formula is C14H24N4. The second-order valence-corrected chi connectivity index (χ2v) is 5.55. The molecule has 1 unspecified atom stereocenters. The molecule has 4 heteroatoms. The molecule has 100 valence electrons. The molecule has 1 fully saturated rings. The third-order valence-corrected chi connectivity index (χ3v) is 4.34. The first-order chi connectivity index (χ1) is 8.81. The van der Waals surface area contributed by atoms with Crippen molar-refractivity contribution in [3.63, 3.8) is 0 Å². The van der Waals surface area contributed by atoms with Crippen LogP contribution < -0.4 is 10.2 Å². The van der Waals surface area contributed by atoms with Crippen LogP contribution in [0.4, 0.5) is 11.5 Å². The zero-order valence-corrected chi connectivity index (χ0v) is 11.6. The summed E-state index contributed by atoms with van der Waals surface area (Å²) < 4.78 is 2.08. The number of nitrogens with one attached hydrogen (secondary N) is 1. The van der Waals surface area contributed by atoms with Crippen LogP contribution in [0.2, 0.25) is 0 Å². The van der Waals surface area contributed by atoms with Crippen molar-refractivity contribution in [2.45, 2.75) is 51.5 Å². The van der Waals surface area contributed by atoms with E-state index in [0.29, 0.717) is 6.04 Å². The fourth-order valence-electron chi connectivity index (χ4n) is 3.39. The predicted molar refractivity (Wildman–Crippen MR) is 75.3 cm³/mol. The van der Waals surface area contributed by atoms with Crippen LogP contribution in [0.5, 0.6) is 0 Å². The minimum absolute atomic E-state index is 0.665. The molecule has 1 atom stereocenters. The number of rotatable bonds is 1. The molecule has 1 aromatic rings. The van der Waals surface area contributed by atoms with Gasteiger partial charge in [0, 0.05) is 26.2 Å². The lowest BCUT2D eigenvalue weighted by molar-refractivity contribution is 0.463. The molecule has 0 aromatic carbocycles. The first-order valence-electron chi connectivity index (χ1n) is 7.37. The standard InChI is InChI=1S/C14H24N4/c1-3-12-13-14(17(2)16-12)18-9-7-5-4-6-8-11(18)10-15-13/h11,15H,3-10H2,1-2H3. The highest BCUT2D eigenvalue weighted by molar-refractivity contribution is 5.72. The van der Waals surface area contributed by atoms with Crippen LogP contribution >= 0.6 is 0 Å². The van der Waals surface area contributed by atoms with Crippen LogP contribution in [0.3, 0.4) is 0 Å². The second-order valence-electron chi connectivity index (χ2n) is 5.55. The van der Waals surface area contributed by atoms with Gasteiger partial charge in [-0.15, -0.1) is 0 Å². The zero-order valence-electron chi connectivity index (χ0n) is 11.6. The summed E-state index contributed by atoms with van der Waals surface area (Å²) in [5.41, 5.74) is 2.50. The molecule has 1 saturated heterocycles. The molecule has 1 N–H and O–H groups in total. The number of hydrogen-bond donors (Lipinski definition) is 1. The van der Waals surface area contributed by atoms with Crippen molar-refractivity contribution in [1.29, 1.82) is 0 Å². The number of hydrogen-bond acceptors (Lipinski definition) is 3. The molecule has 4 nitrogen and oxygen atoms in total. The van der Waals surface area contributed by atoms with Crippen molar-refractivity contribution in [2.75, 3.05) is 23.3 Å². The lowest BCUT2D eigenvalue weighted by atomic mass is 10.00. The average molecular weight is 248 g/mol. The van der Waals surface area contributed by atoms with Crippen molar-refractivity contribution in [2.24, 2.45) is 7.05 Å². The van der Waals surface area contributed by atoms with Crippen molar-refractivity contribution in [3.8, 4) is 0 Å². The van der Waals surface area contributed by atoms with E-state index in [9.17, 15) is 0 Å². The normalized spacial score (nSPS) is 23.7. The monoisotopic (exact) mass is 248 g/mol. The quantitative estimate of drug-likeness (QED) is 0.829. The second kappa shape index (κ2) is 4.82. The van der Waals surface area contributed by atoms with Gasteiger partial charge in [-0.3, -0.25) is 4.68 Å². The molecule has 3 heterocycles. The fourth-order valence-corrected chi connectivity index (χ4v) is 3.39. The van der Waals surface area contributed by atoms with E-state index in [-0.39, 0.29) is 0 Å². The Morgan fingerprint density at radius 2 is 2.11 bits per heavy atom. The van der Waals surface area contributed by atoms with E-state index >= 15 is 0 Å². The van der Waals surface area contributed by atoms with Crippen LogP contribution in [0, 0.1) is 0 Å². The lowest BCUT2D eigenvalue weighted by Gasteiger charge is -2.39. The maximum absolute atomic E-state index is 4.67. The zero-order chi connectivity index (χ0) is 12.5. The van der Waals surface area contributed by atoms with Crippen LogP contribution in [-0.2, 0) is 13.5 Å². The van der Waals surface area contributed by atoms with Gasteiger partial charge in [-0.2, -0.15) is 5.10 Å². The molecule has 1 aromatic heterocycles. The van der Waals surface area contributed by atoms with Gasteiger partial charge in [-0.1, -0.05) is 26.2 Å². The minimum Gasteiger partial charge on any atom is -0.378 e. The van der Waals surface area contributed by atoms with E-state index in [1.165, 1.54) is 55.8 Å². The van der Waals surface area contributed by atoms with Crippen LogP contribution in [-0.4, -0.2) is 28.9 Å². The Hall–Kier alpha value is -1.19. The van der Waals surface area contributed by atoms with Gasteiger partial charge in [0.1, 0.15) is 5.69 Å². The molecule has 0 saturated carbocycles. The SMILES string of the molecule is CCc1nn(C)c2c1NCC1CCCCCCN21. The molecule has 18 heavy (non-hydrogen) atoms. The Morgan fingerprint density at radius 1 is 1.28 bits per heavy atom. The van der Waals surface area contributed by atoms with E-state index in [1.807, 2.05) is 0 Å². The highest BCUT2D eigenvalue weighted by atomic mass is 15.4. The summed E-state index contributed by atoms with van der Waals surface area (Å²) in [6.07, 6.45) is 7.81. The van der Waals surface area contributed by atoms with E-state index in [1.54, 1.807) is 0 Å². The van der Waals surface area contributed by atoms with E-state index in [2.05, 4.69) is 34.0 Å². The van der Waals surface area contributed by atoms with Crippen molar-refractivity contribution in [1.82, 2.24) is 9.78 Å². The van der Waals surface area contributed by atoms with Crippen molar-refractivity contribution >= 4 is 11.5 Å². The first-order valence-corrected chi connectivity index (χ1v) is 7.37. The van der Waals surface area contributed by atoms with Gasteiger partial charge >= 0.3 is 0 Å². The average Bonchev–Trinajstić information content (AvgIpc) is 2.67. The Morgan fingerprint density at radius 3 is 2.94 bits per heavy atom. The summed E-state index contributed by atoms with van der Waals surface area (Å²) in [5.74, 6) is 1.32. The number of aryl methyl sites for hydroxylation is 2. The van der Waals surface area contributed by atoms with Gasteiger partial charge < -0.3 is 10.2 Å². The number of anilines is 2. The Balaban J connectivity index is 1.96. The largest absolute Gasteiger partial charge is 0.378 e. The van der Waals surface area contributed by atoms with Gasteiger partial charge in [-0.05, 0) is 19.3 Å². The van der Waals surface area contributed by atoms with E-state index in [0.717, 1.165) is 13.0 Å². The first kappa shape index (κ1) is 11.9. The summed E-state index contributed by atoms with van der Waals surface area (Å²) in [5, 5.41) is 8.29. The summed E-state index contributed by atoms with van der Waals surface area (Å²) in [6, 6.07) is 0.665. The highest BCUT2D eigenvalue weighted by Gasteiger charge is 2.31. The third-order valence-electron chi connectivity index (χ3n) is 4.34. The smallest absolute Gasteiger partial charge is 0.150 e. The lowest BCUT2D eigenvalue weighted by Crippen LogP contribution is -2.46. The molecule has 3 rings (SSSR count). The van der Waals surface area contributed by atoms with Crippen LogP contribution in [0.25, 0.3) is 0 Å². The van der Waals surface area contributed by atoms with E-state index in [4.69, 9.17) is 0 Å². The fraction of sp³-hybridized carbons (Fsp3) is 0.786. The Kier molecular flexibility index (Phi) is 3.18. The molecule has 2 aliphatic rings. The molecule has 0 aliphatic carbocycles. The van der Waals surface area contributed by atoms with Gasteiger partial charge in [0.25, 0.3) is 0 Å². The predicted octanol–water partition coefficient (Wildman–Crippen LogP) is 2.55. The molecule has 0 bridgehead atoms. The van der Waals surface area contributed by atoms with Crippen molar-refractivity contribution < 1.29 is 0 Å². The van der Waals surface area contributed by atoms with Gasteiger partial charge in [-0.25, -0.2) is 0 Å². The van der Waals surface area contributed by atoms with Gasteiger partial charge in [0.05, 0.1) is 5.69 Å². The number of fused-ring (bicyclic) bond motifs is 3. The Bertz CT molecular complexity index is 424. The summed E-state index contributed by atoms with van der Waals surface area (Å²) in [7, 11) is 2.08. The molecule has 0 spiro atoms. The number of nitrogens with zero attached hydrogens (tertiary/aromatic N) is 3. The van der Waals surface area contributed by atoms with Gasteiger partial charge in [0.2, 0.25) is 0 Å². The number of aromatic nitrogens is 2. The van der Waals surface area contributed by atoms with Gasteiger partial charge in [0.15, 0.2) is 5.82 Å². The maximum atomic E-state index is 4.67. The molecule has 2 aliphatic heterocycles. The highest BCUT2D eigenvalue weighted by Crippen LogP contribution is 2.36. The van der Waals surface area contributed by atoms with Crippen LogP contribution in [0.15, 0.2) is 0 Å². The Labute approximate surface area is 109 Å². The van der Waals surface area contributed by atoms with Crippen molar-refractivity contribution in [3.05, 3.63) is 5.69 Å². The minimum atomic E-state index is 0.665. The van der Waals surface area contributed by atoms with Crippen LogP contribution in [0.1, 0.15) is 44.7 Å². The molecule has 0 amide bonds. The maximum Gasteiger partial charge on any atom is 0.150 e. The van der Waals surface area contributed by atoms with E-state index < -0.39 is 0 Å². The molecule has 0 radical (unpaired) electrons. The third kappa shape index (κ3) is 1.88. The summed E-state index contributed by atoms with van der Waals surface area (Å²) in [4.78, 5) is 2.61.